The highest BCUT2D eigenvalue weighted by molar-refractivity contribution is 7.59. The van der Waals surface area contributed by atoms with E-state index in [-0.39, 0.29) is 30.2 Å². The van der Waals surface area contributed by atoms with Crippen LogP contribution in [0, 0.1) is 6.92 Å². The van der Waals surface area contributed by atoms with Crippen LogP contribution < -0.4 is 0 Å². The Morgan fingerprint density at radius 1 is 1.00 bits per heavy atom. The second-order valence-corrected chi connectivity index (χ2v) is 10.9. The van der Waals surface area contributed by atoms with Gasteiger partial charge >= 0.3 is 15.9 Å². The van der Waals surface area contributed by atoms with Gasteiger partial charge in [-0.05, 0) is 48.4 Å². The van der Waals surface area contributed by atoms with Crippen molar-refractivity contribution in [1.29, 1.82) is 0 Å². The lowest BCUT2D eigenvalue weighted by Gasteiger charge is -2.25. The fourth-order valence-electron chi connectivity index (χ4n) is 2.68. The van der Waals surface area contributed by atoms with Crippen LogP contribution in [-0.2, 0) is 5.41 Å². The average molecular weight is 382 g/mol. The quantitative estimate of drug-likeness (QED) is 0.374. The maximum Gasteiger partial charge on any atom is 0.411 e. The molecule has 0 aliphatic heterocycles. The van der Waals surface area contributed by atoms with E-state index in [1.54, 1.807) is 13.0 Å². The molecule has 24 heavy (non-hydrogen) atoms. The van der Waals surface area contributed by atoms with Crippen LogP contribution in [0.5, 0.6) is 5.75 Å². The number of benzene rings is 1. The van der Waals surface area contributed by atoms with Crippen LogP contribution in [0.15, 0.2) is 12.1 Å². The standard InChI is InChI=1S/C15H27O7P2/c1-10-8-13(16)12(15(2,3)4)9-11(10)14(24(20,21)22)6-5-7-23(17,18)19/h8-9,14,17-22H,5-7H2,1-4H3/q+1/p+1. The minimum atomic E-state index is -4.26. The zero-order valence-corrected chi connectivity index (χ0v) is 16.2. The van der Waals surface area contributed by atoms with E-state index >= 15 is 0 Å². The molecule has 0 aromatic heterocycles. The van der Waals surface area contributed by atoms with Crippen LogP contribution in [0.25, 0.3) is 0 Å². The lowest BCUT2D eigenvalue weighted by Crippen LogP contribution is -2.14. The summed E-state index contributed by atoms with van der Waals surface area (Å²) in [5.41, 5.74) is 0.266. The van der Waals surface area contributed by atoms with Crippen molar-refractivity contribution in [2.45, 2.75) is 51.6 Å². The molecule has 1 atom stereocenters. The first-order valence-electron chi connectivity index (χ1n) is 7.60. The molecule has 7 nitrogen and oxygen atoms in total. The van der Waals surface area contributed by atoms with E-state index < -0.39 is 21.5 Å². The molecular weight excluding hydrogens is 354 g/mol. The van der Waals surface area contributed by atoms with Crippen molar-refractivity contribution in [2.75, 3.05) is 6.16 Å². The second kappa shape index (κ2) is 7.48. The molecule has 0 heterocycles. The summed E-state index contributed by atoms with van der Waals surface area (Å²) >= 11 is 0. The van der Waals surface area contributed by atoms with Gasteiger partial charge in [-0.1, -0.05) is 20.8 Å². The highest BCUT2D eigenvalue weighted by atomic mass is 31.2. The average Bonchev–Trinajstić information content (AvgIpc) is 2.31. The molecule has 0 saturated heterocycles. The van der Waals surface area contributed by atoms with Gasteiger partial charge in [0.15, 0.2) is 5.66 Å². The van der Waals surface area contributed by atoms with Crippen LogP contribution >= 0.6 is 15.9 Å². The first-order chi connectivity index (χ1) is 10.6. The molecule has 138 valence electrons. The highest BCUT2D eigenvalue weighted by Crippen LogP contribution is 2.62. The number of hydrogen-bond donors (Lipinski definition) is 7. The summed E-state index contributed by atoms with van der Waals surface area (Å²) in [6, 6.07) is 3.16. The van der Waals surface area contributed by atoms with Gasteiger partial charge in [0.1, 0.15) is 11.9 Å². The summed E-state index contributed by atoms with van der Waals surface area (Å²) in [6.07, 6.45) is -0.140. The van der Waals surface area contributed by atoms with Crippen LogP contribution in [0.4, 0.5) is 0 Å². The molecule has 0 spiro atoms. The maximum atomic E-state index is 10.1. The summed E-state index contributed by atoms with van der Waals surface area (Å²) in [7, 11) is -8.20. The third-order valence-electron chi connectivity index (χ3n) is 3.91. The van der Waals surface area contributed by atoms with Gasteiger partial charge in [-0.15, -0.1) is 0 Å². The molecule has 9 heteroatoms. The number of hydrogen-bond acceptors (Lipinski definition) is 7. The summed E-state index contributed by atoms with van der Waals surface area (Å²) in [5, 5.41) is 10.1. The monoisotopic (exact) mass is 382 g/mol. The minimum absolute atomic E-state index is 0.0515. The van der Waals surface area contributed by atoms with Crippen molar-refractivity contribution in [3.8, 4) is 5.75 Å². The Kier molecular flexibility index (Phi) is 6.76. The first-order valence-corrected chi connectivity index (χ1v) is 11.1. The summed E-state index contributed by atoms with van der Waals surface area (Å²) in [5.74, 6) is 0.0891. The Morgan fingerprint density at radius 2 is 1.54 bits per heavy atom. The minimum Gasteiger partial charge on any atom is -0.508 e. The Hall–Kier alpha value is -0.360. The third kappa shape index (κ3) is 6.17. The van der Waals surface area contributed by atoms with E-state index in [2.05, 4.69) is 0 Å². The molecule has 0 amide bonds. The Balaban J connectivity index is 3.24. The van der Waals surface area contributed by atoms with Crippen molar-refractivity contribution in [3.63, 3.8) is 0 Å². The summed E-state index contributed by atoms with van der Waals surface area (Å²) in [4.78, 5) is 56.7. The number of phenolic OH excluding ortho intramolecular Hbond substituents is 1. The van der Waals surface area contributed by atoms with Gasteiger partial charge in [-0.2, -0.15) is 29.4 Å². The Labute approximate surface area is 143 Å². The van der Waals surface area contributed by atoms with Crippen LogP contribution in [0.1, 0.15) is 56.0 Å². The third-order valence-corrected chi connectivity index (χ3v) is 6.19. The van der Waals surface area contributed by atoms with E-state index in [9.17, 15) is 19.8 Å². The molecule has 1 aromatic rings. The van der Waals surface area contributed by atoms with Gasteiger partial charge in [-0.25, -0.2) is 0 Å². The van der Waals surface area contributed by atoms with Crippen molar-refractivity contribution < 1.29 is 34.5 Å². The molecule has 0 bridgehead atoms. The van der Waals surface area contributed by atoms with Crippen molar-refractivity contribution in [3.05, 3.63) is 28.8 Å². The number of aryl methyl sites for hydroxylation is 1. The normalized spacial score (nSPS) is 14.8. The maximum absolute atomic E-state index is 10.1. The zero-order valence-electron chi connectivity index (χ0n) is 14.4. The smallest absolute Gasteiger partial charge is 0.411 e. The van der Waals surface area contributed by atoms with Crippen LogP contribution in [-0.4, -0.2) is 40.6 Å². The van der Waals surface area contributed by atoms with Gasteiger partial charge in [-0.3, -0.25) is 0 Å². The lowest BCUT2D eigenvalue weighted by molar-refractivity contribution is 0.307. The predicted molar refractivity (Wildman–Crippen MR) is 95.5 cm³/mol. The molecule has 0 radical (unpaired) electrons. The van der Waals surface area contributed by atoms with Crippen molar-refractivity contribution >= 4 is 15.9 Å². The SMILES string of the molecule is Cc1cc(O)c(C(C)(C)C)cc1C(CCC[P+](O)(O)O)[P+](O)(O)O. The Morgan fingerprint density at radius 3 is 1.96 bits per heavy atom. The molecule has 1 unspecified atom stereocenters. The number of rotatable bonds is 6. The van der Waals surface area contributed by atoms with E-state index in [1.807, 2.05) is 20.8 Å². The molecule has 0 aliphatic rings. The number of aromatic hydroxyl groups is 1. The summed E-state index contributed by atoms with van der Waals surface area (Å²) in [6.45, 7) is 7.39. The molecule has 1 rings (SSSR count). The van der Waals surface area contributed by atoms with E-state index in [0.717, 1.165) is 0 Å². The first kappa shape index (κ1) is 21.7. The highest BCUT2D eigenvalue weighted by Gasteiger charge is 2.45. The van der Waals surface area contributed by atoms with Crippen molar-refractivity contribution in [1.82, 2.24) is 0 Å². The van der Waals surface area contributed by atoms with Crippen LogP contribution in [0.3, 0.4) is 0 Å². The van der Waals surface area contributed by atoms with Crippen LogP contribution in [0.2, 0.25) is 0 Å². The largest absolute Gasteiger partial charge is 0.508 e. The van der Waals surface area contributed by atoms with E-state index in [1.165, 1.54) is 6.07 Å². The topological polar surface area (TPSA) is 142 Å². The number of phenols is 1. The van der Waals surface area contributed by atoms with Crippen molar-refractivity contribution in [2.24, 2.45) is 0 Å². The fraction of sp³-hybridized carbons (Fsp3) is 0.600. The lowest BCUT2D eigenvalue weighted by atomic mass is 9.83. The van der Waals surface area contributed by atoms with Gasteiger partial charge in [0.25, 0.3) is 0 Å². The molecule has 0 saturated carbocycles. The van der Waals surface area contributed by atoms with E-state index in [4.69, 9.17) is 14.7 Å². The van der Waals surface area contributed by atoms with Gasteiger partial charge in [0.05, 0.1) is 0 Å². The second-order valence-electron chi connectivity index (χ2n) is 7.16. The van der Waals surface area contributed by atoms with E-state index in [0.29, 0.717) is 16.7 Å². The molecular formula is C15H28O7P2+2. The predicted octanol–water partition coefficient (Wildman–Crippen LogP) is 2.30. The molecule has 0 aliphatic carbocycles. The molecule has 7 N–H and O–H groups in total. The summed E-state index contributed by atoms with van der Waals surface area (Å²) < 4.78 is 0. The van der Waals surface area contributed by atoms with Gasteiger partial charge < -0.3 is 5.11 Å². The Bertz CT molecular complexity index is 571. The zero-order chi connectivity index (χ0) is 18.9. The van der Waals surface area contributed by atoms with Gasteiger partial charge in [0, 0.05) is 5.56 Å². The molecule has 1 aromatic carbocycles. The van der Waals surface area contributed by atoms with Gasteiger partial charge in [0.2, 0.25) is 0 Å². The molecule has 0 fully saturated rings. The fourth-order valence-corrected chi connectivity index (χ4v) is 4.47.